The second-order valence-corrected chi connectivity index (χ2v) is 16.8. The number of imidazole rings is 2. The molecular weight excluding hydrogens is 737 g/mol. The van der Waals surface area contributed by atoms with E-state index in [2.05, 4.69) is 69.1 Å². The monoisotopic (exact) mass is 788 g/mol. The number of hydrogen-bond acceptors (Lipinski definition) is 8. The molecule has 2 aromatic heterocycles. The Morgan fingerprint density at radius 3 is 2.12 bits per heavy atom. The van der Waals surface area contributed by atoms with Crippen LogP contribution in [-0.2, 0) is 24.6 Å². The third-order valence-electron chi connectivity index (χ3n) is 12.4. The first-order valence-electron chi connectivity index (χ1n) is 20.3. The van der Waals surface area contributed by atoms with Crippen molar-refractivity contribution >= 4 is 45.8 Å². The highest BCUT2D eigenvalue weighted by Gasteiger charge is 2.56. The van der Waals surface area contributed by atoms with Gasteiger partial charge in [0.1, 0.15) is 29.3 Å². The molecule has 0 radical (unpaired) electrons. The Hall–Kier alpha value is -5.92. The average Bonchev–Trinajstić information content (AvgIpc) is 4.08. The lowest BCUT2D eigenvalue weighted by Crippen LogP contribution is -2.56. The van der Waals surface area contributed by atoms with Gasteiger partial charge in [-0.15, -0.1) is 0 Å². The van der Waals surface area contributed by atoms with Gasteiger partial charge in [-0.05, 0) is 96.0 Å². The molecule has 2 unspecified atom stereocenters. The number of nitrogens with one attached hydrogen (secondary N) is 4. The predicted molar refractivity (Wildman–Crippen MR) is 219 cm³/mol. The first-order chi connectivity index (χ1) is 27.9. The molecule has 14 heteroatoms. The van der Waals surface area contributed by atoms with Crippen molar-refractivity contribution in [2.24, 2.45) is 17.8 Å². The van der Waals surface area contributed by atoms with Gasteiger partial charge in [0.05, 0.1) is 37.0 Å². The van der Waals surface area contributed by atoms with E-state index in [-0.39, 0.29) is 29.7 Å². The summed E-state index contributed by atoms with van der Waals surface area (Å²) in [7, 11) is 2.60. The average molecular weight is 789 g/mol. The number of ether oxygens (including phenoxy) is 2. The van der Waals surface area contributed by atoms with Crippen LogP contribution in [0, 0.1) is 17.8 Å². The van der Waals surface area contributed by atoms with Crippen molar-refractivity contribution in [2.45, 2.75) is 83.5 Å². The summed E-state index contributed by atoms with van der Waals surface area (Å²) in [6.45, 7) is 8.90. The fraction of sp³-hybridized carbons (Fsp3) is 0.455. The van der Waals surface area contributed by atoms with Crippen LogP contribution in [0.1, 0.15) is 77.5 Å². The molecule has 3 aromatic carbocycles. The molecule has 1 aliphatic carbocycles. The van der Waals surface area contributed by atoms with Crippen LogP contribution >= 0.6 is 0 Å². The number of piperidine rings is 1. The van der Waals surface area contributed by atoms with E-state index in [0.29, 0.717) is 19.0 Å². The zero-order valence-corrected chi connectivity index (χ0v) is 33.9. The topological polar surface area (TPSA) is 175 Å². The number of benzene rings is 3. The van der Waals surface area contributed by atoms with Crippen LogP contribution in [0.5, 0.6) is 0 Å². The van der Waals surface area contributed by atoms with Crippen LogP contribution in [0.15, 0.2) is 60.8 Å². The summed E-state index contributed by atoms with van der Waals surface area (Å²) in [5.41, 5.74) is 5.05. The Morgan fingerprint density at radius 2 is 1.45 bits per heavy atom. The zero-order chi connectivity index (χ0) is 40.9. The summed E-state index contributed by atoms with van der Waals surface area (Å²) in [6.07, 6.45) is 5.00. The minimum Gasteiger partial charge on any atom is -0.453 e. The van der Waals surface area contributed by atoms with Gasteiger partial charge in [-0.25, -0.2) is 19.6 Å². The van der Waals surface area contributed by atoms with Gasteiger partial charge in [0, 0.05) is 24.8 Å². The summed E-state index contributed by atoms with van der Waals surface area (Å²) < 4.78 is 9.61. The highest BCUT2D eigenvalue weighted by atomic mass is 16.5. The normalized spacial score (nSPS) is 21.2. The molecule has 4 N–H and O–H groups in total. The second-order valence-electron chi connectivity index (χ2n) is 16.8. The number of carbonyl (C=O) groups excluding carboxylic acids is 4. The van der Waals surface area contributed by atoms with Crippen molar-refractivity contribution in [1.82, 2.24) is 40.4 Å². The fourth-order valence-electron chi connectivity index (χ4n) is 9.32. The lowest BCUT2D eigenvalue weighted by molar-refractivity contribution is -0.140. The Morgan fingerprint density at radius 1 is 0.810 bits per heavy atom. The zero-order valence-electron chi connectivity index (χ0n) is 33.9. The van der Waals surface area contributed by atoms with Crippen molar-refractivity contribution in [3.63, 3.8) is 0 Å². The number of likely N-dealkylation sites (tertiary alicyclic amines) is 2. The quantitative estimate of drug-likeness (QED) is 0.117. The largest absolute Gasteiger partial charge is 0.453 e. The molecule has 2 saturated heterocycles. The number of aromatic amines is 2. The number of amides is 4. The molecule has 14 nitrogen and oxygen atoms in total. The number of nitrogens with zero attached hydrogens (tertiary/aromatic N) is 4. The molecule has 3 fully saturated rings. The van der Waals surface area contributed by atoms with Gasteiger partial charge >= 0.3 is 12.2 Å². The predicted octanol–water partition coefficient (Wildman–Crippen LogP) is 7.04. The molecule has 1 saturated carbocycles. The number of fused-ring (bicyclic) bond motifs is 4. The number of alkyl carbamates (subject to hydrolysis) is 2. The molecule has 8 rings (SSSR count). The lowest BCUT2D eigenvalue weighted by atomic mass is 9.93. The van der Waals surface area contributed by atoms with Gasteiger partial charge < -0.3 is 39.9 Å². The smallest absolute Gasteiger partial charge is 0.407 e. The van der Waals surface area contributed by atoms with Crippen LogP contribution in [-0.4, -0.2) is 93.1 Å². The maximum atomic E-state index is 14.0. The summed E-state index contributed by atoms with van der Waals surface area (Å²) in [4.78, 5) is 72.5. The summed E-state index contributed by atoms with van der Waals surface area (Å²) in [5, 5.41) is 7.63. The molecule has 304 valence electrons. The maximum absolute atomic E-state index is 14.0. The first-order valence-corrected chi connectivity index (χ1v) is 20.3. The van der Waals surface area contributed by atoms with E-state index in [1.54, 1.807) is 0 Å². The van der Waals surface area contributed by atoms with E-state index in [4.69, 9.17) is 19.4 Å². The van der Waals surface area contributed by atoms with Crippen LogP contribution in [0.3, 0.4) is 0 Å². The Labute approximate surface area is 337 Å². The molecule has 4 amide bonds. The first kappa shape index (κ1) is 38.9. The van der Waals surface area contributed by atoms with E-state index >= 15 is 0 Å². The van der Waals surface area contributed by atoms with Crippen LogP contribution in [0.4, 0.5) is 9.59 Å². The standard InChI is InChI=1S/C44H52N8O6/c1-24(2)36(49-42(55)57-5)39(53)51-17-7-8-35(51)38-46-32-14-13-30(20-33(32)47-38)28-9-10-29-19-31(12-11-27(29)18-28)34-22-45-41(48-34)44-16-15-26(21-44)23-52(44)40(54)37(25(3)4)50-43(56)58-6/h9-14,18-20,22,24-26,35-37H,7-8,15-17,21,23H2,1-6H3,(H,45,48)(H,46,47)(H,49,55)(H,50,56)/t26?,35-,36-,37-,44?/m0/s1. The molecule has 5 aromatic rings. The van der Waals surface area contributed by atoms with Gasteiger partial charge in [0.15, 0.2) is 0 Å². The molecule has 5 atom stereocenters. The summed E-state index contributed by atoms with van der Waals surface area (Å²) >= 11 is 0. The number of carbonyl (C=O) groups is 4. The van der Waals surface area contributed by atoms with E-state index in [0.717, 1.165) is 87.9 Å². The number of H-pyrrole nitrogens is 2. The van der Waals surface area contributed by atoms with Gasteiger partial charge in [0.25, 0.3) is 0 Å². The third-order valence-corrected chi connectivity index (χ3v) is 12.4. The van der Waals surface area contributed by atoms with Crippen molar-refractivity contribution in [3.8, 4) is 22.4 Å². The Balaban J connectivity index is 1.01. The van der Waals surface area contributed by atoms with Gasteiger partial charge in [-0.2, -0.15) is 0 Å². The molecule has 2 bridgehead atoms. The van der Waals surface area contributed by atoms with Gasteiger partial charge in [-0.3, -0.25) is 9.59 Å². The minimum absolute atomic E-state index is 0.104. The molecule has 58 heavy (non-hydrogen) atoms. The number of hydrogen-bond donors (Lipinski definition) is 4. The fourth-order valence-corrected chi connectivity index (χ4v) is 9.32. The van der Waals surface area contributed by atoms with E-state index in [1.165, 1.54) is 14.2 Å². The van der Waals surface area contributed by atoms with Crippen LogP contribution in [0.2, 0.25) is 0 Å². The van der Waals surface area contributed by atoms with Crippen molar-refractivity contribution < 1.29 is 28.7 Å². The number of rotatable bonds is 10. The van der Waals surface area contributed by atoms with Crippen molar-refractivity contribution in [1.29, 1.82) is 0 Å². The van der Waals surface area contributed by atoms with Gasteiger partial charge in [-0.1, -0.05) is 58.0 Å². The lowest BCUT2D eigenvalue weighted by Gasteiger charge is -2.40. The van der Waals surface area contributed by atoms with Crippen LogP contribution < -0.4 is 10.6 Å². The summed E-state index contributed by atoms with van der Waals surface area (Å²) in [5.74, 6) is 1.45. The SMILES string of the molecule is COC(=O)N[C@H](C(=O)N1CCC[C@H]1c1nc2cc(-c3ccc4cc(-c5c[nH]c(C67CCC(CN6C(=O)[C@@H](NC(=O)OC)C(C)C)C7)n5)ccc4c3)ccc2[nH]1)C(C)C. The van der Waals surface area contributed by atoms with Gasteiger partial charge in [0.2, 0.25) is 11.8 Å². The summed E-state index contributed by atoms with van der Waals surface area (Å²) in [6, 6.07) is 17.3. The number of methoxy groups -OCH3 is 2. The second kappa shape index (κ2) is 15.4. The third kappa shape index (κ3) is 7.02. The van der Waals surface area contributed by atoms with Crippen molar-refractivity contribution in [2.75, 3.05) is 27.3 Å². The molecular formula is C44H52N8O6. The van der Waals surface area contributed by atoms with E-state index < -0.39 is 29.8 Å². The molecule has 2 aliphatic heterocycles. The van der Waals surface area contributed by atoms with Crippen molar-refractivity contribution in [3.05, 3.63) is 72.4 Å². The molecule has 4 heterocycles. The molecule has 0 spiro atoms. The Kier molecular flexibility index (Phi) is 10.4. The number of aromatic nitrogens is 4. The highest BCUT2D eigenvalue weighted by Crippen LogP contribution is 2.52. The minimum atomic E-state index is -0.693. The highest BCUT2D eigenvalue weighted by molar-refractivity contribution is 5.92. The van der Waals surface area contributed by atoms with Crippen LogP contribution in [0.25, 0.3) is 44.2 Å². The maximum Gasteiger partial charge on any atom is 0.407 e. The van der Waals surface area contributed by atoms with E-state index in [1.807, 2.05) is 49.8 Å². The Bertz CT molecular complexity index is 2390. The molecule has 3 aliphatic rings. The van der Waals surface area contributed by atoms with E-state index in [9.17, 15) is 19.2 Å².